The summed E-state index contributed by atoms with van der Waals surface area (Å²) in [7, 11) is 2.23. The van der Waals surface area contributed by atoms with Crippen LogP contribution in [0.4, 0.5) is 0 Å². The summed E-state index contributed by atoms with van der Waals surface area (Å²) in [5, 5.41) is 3.51. The van der Waals surface area contributed by atoms with Crippen molar-refractivity contribution in [2.24, 2.45) is 0 Å². The van der Waals surface area contributed by atoms with Gasteiger partial charge in [0.2, 0.25) is 0 Å². The monoisotopic (exact) mass is 162 g/mol. The fraction of sp³-hybridized carbons (Fsp3) is 1.00. The molecular formula is C7H15ClN2. The number of nitrogens with zero attached hydrogens (tertiary/aromatic N) is 1. The molecule has 0 aliphatic carbocycles. The maximum Gasteiger partial charge on any atom is 0.0258 e. The predicted octanol–water partition coefficient (Wildman–Crippen LogP) is 0.474. The molecule has 0 aromatic rings. The van der Waals surface area contributed by atoms with Gasteiger partial charge in [0, 0.05) is 12.1 Å². The molecule has 0 spiro atoms. The highest BCUT2D eigenvalue weighted by molar-refractivity contribution is 5.85. The second-order valence-corrected chi connectivity index (χ2v) is 3.19. The van der Waals surface area contributed by atoms with Gasteiger partial charge in [0.1, 0.15) is 0 Å². The van der Waals surface area contributed by atoms with Gasteiger partial charge in [-0.25, -0.2) is 0 Å². The molecule has 2 atom stereocenters. The summed E-state index contributed by atoms with van der Waals surface area (Å²) in [4.78, 5) is 2.48. The van der Waals surface area contributed by atoms with E-state index in [1.165, 1.54) is 25.9 Å². The normalized spacial score (nSPS) is 39.3. The Balaban J connectivity index is 0.000000500. The summed E-state index contributed by atoms with van der Waals surface area (Å²) in [6.07, 6.45) is 2.72. The van der Waals surface area contributed by atoms with Crippen molar-refractivity contribution < 1.29 is 0 Å². The SMILES string of the molecule is CN1CCC2NCCC21.Cl. The number of hydrogen-bond acceptors (Lipinski definition) is 2. The predicted molar refractivity (Wildman–Crippen MR) is 44.7 cm³/mol. The van der Waals surface area contributed by atoms with Crippen LogP contribution >= 0.6 is 12.4 Å². The van der Waals surface area contributed by atoms with Crippen LogP contribution in [0.25, 0.3) is 0 Å². The van der Waals surface area contributed by atoms with Crippen LogP contribution in [-0.2, 0) is 0 Å². The number of rotatable bonds is 0. The Morgan fingerprint density at radius 1 is 1.40 bits per heavy atom. The lowest BCUT2D eigenvalue weighted by Crippen LogP contribution is -2.31. The van der Waals surface area contributed by atoms with E-state index in [1.807, 2.05) is 0 Å². The lowest BCUT2D eigenvalue weighted by Gasteiger charge is -2.16. The van der Waals surface area contributed by atoms with Crippen LogP contribution in [0.2, 0.25) is 0 Å². The minimum atomic E-state index is 0. The number of halogens is 1. The summed E-state index contributed by atoms with van der Waals surface area (Å²) in [6, 6.07) is 1.69. The van der Waals surface area contributed by atoms with Crippen molar-refractivity contribution in [1.82, 2.24) is 10.2 Å². The fourth-order valence-corrected chi connectivity index (χ4v) is 2.08. The Bertz CT molecular complexity index is 118. The second kappa shape index (κ2) is 3.07. The van der Waals surface area contributed by atoms with Crippen LogP contribution in [0, 0.1) is 0 Å². The Morgan fingerprint density at radius 3 is 2.90 bits per heavy atom. The van der Waals surface area contributed by atoms with Gasteiger partial charge in [-0.05, 0) is 33.0 Å². The molecular weight excluding hydrogens is 148 g/mol. The van der Waals surface area contributed by atoms with E-state index in [2.05, 4.69) is 17.3 Å². The Hall–Kier alpha value is 0.210. The lowest BCUT2D eigenvalue weighted by molar-refractivity contribution is 0.310. The third-order valence-electron chi connectivity index (χ3n) is 2.67. The summed E-state index contributed by atoms with van der Waals surface area (Å²) < 4.78 is 0. The first kappa shape index (κ1) is 8.31. The molecule has 0 aromatic carbocycles. The van der Waals surface area contributed by atoms with Crippen LogP contribution in [0.15, 0.2) is 0 Å². The first-order chi connectivity index (χ1) is 4.38. The van der Waals surface area contributed by atoms with Crippen molar-refractivity contribution in [3.63, 3.8) is 0 Å². The Labute approximate surface area is 68.4 Å². The van der Waals surface area contributed by atoms with E-state index >= 15 is 0 Å². The molecule has 0 amide bonds. The molecule has 60 valence electrons. The van der Waals surface area contributed by atoms with Crippen molar-refractivity contribution in [2.45, 2.75) is 24.9 Å². The van der Waals surface area contributed by atoms with Crippen molar-refractivity contribution in [3.8, 4) is 0 Å². The standard InChI is InChI=1S/C7H14N2.ClH/c1-9-5-3-6-7(9)2-4-8-6;/h6-8H,2-5H2,1H3;1H. The summed E-state index contributed by atoms with van der Waals surface area (Å²) >= 11 is 0. The zero-order chi connectivity index (χ0) is 6.27. The lowest BCUT2D eigenvalue weighted by atomic mass is 10.1. The molecule has 0 aromatic heterocycles. The van der Waals surface area contributed by atoms with E-state index in [0.717, 1.165) is 12.1 Å². The van der Waals surface area contributed by atoms with E-state index in [9.17, 15) is 0 Å². The van der Waals surface area contributed by atoms with Crippen LogP contribution in [-0.4, -0.2) is 37.1 Å². The Kier molecular flexibility index (Phi) is 2.55. The highest BCUT2D eigenvalue weighted by atomic mass is 35.5. The van der Waals surface area contributed by atoms with Gasteiger partial charge in [-0.15, -0.1) is 12.4 Å². The molecule has 2 nitrogen and oxygen atoms in total. The number of fused-ring (bicyclic) bond motifs is 1. The molecule has 0 radical (unpaired) electrons. The second-order valence-electron chi connectivity index (χ2n) is 3.19. The minimum Gasteiger partial charge on any atom is -0.312 e. The quantitative estimate of drug-likeness (QED) is 0.558. The van der Waals surface area contributed by atoms with Crippen LogP contribution in [0.3, 0.4) is 0 Å². The molecule has 0 bridgehead atoms. The molecule has 10 heavy (non-hydrogen) atoms. The van der Waals surface area contributed by atoms with E-state index in [4.69, 9.17) is 0 Å². The van der Waals surface area contributed by atoms with Gasteiger partial charge >= 0.3 is 0 Å². The third-order valence-corrected chi connectivity index (χ3v) is 2.67. The maximum atomic E-state index is 3.51. The average molecular weight is 163 g/mol. The third kappa shape index (κ3) is 1.16. The first-order valence-corrected chi connectivity index (χ1v) is 3.81. The van der Waals surface area contributed by atoms with Gasteiger partial charge in [0.15, 0.2) is 0 Å². The van der Waals surface area contributed by atoms with Crippen LogP contribution in [0.1, 0.15) is 12.8 Å². The molecule has 2 aliphatic rings. The summed E-state index contributed by atoms with van der Waals surface area (Å²) in [6.45, 7) is 2.53. The number of hydrogen-bond donors (Lipinski definition) is 1. The molecule has 2 unspecified atom stereocenters. The van der Waals surface area contributed by atoms with Gasteiger partial charge in [0.25, 0.3) is 0 Å². The minimum absolute atomic E-state index is 0. The molecule has 1 N–H and O–H groups in total. The fourth-order valence-electron chi connectivity index (χ4n) is 2.08. The number of likely N-dealkylation sites (N-methyl/N-ethyl adjacent to an activating group) is 1. The molecule has 2 aliphatic heterocycles. The molecule has 2 heterocycles. The smallest absolute Gasteiger partial charge is 0.0258 e. The largest absolute Gasteiger partial charge is 0.312 e. The highest BCUT2D eigenvalue weighted by Crippen LogP contribution is 2.22. The van der Waals surface area contributed by atoms with Gasteiger partial charge in [-0.1, -0.05) is 0 Å². The summed E-state index contributed by atoms with van der Waals surface area (Å²) in [5.41, 5.74) is 0. The Morgan fingerprint density at radius 2 is 2.20 bits per heavy atom. The number of likely N-dealkylation sites (tertiary alicyclic amines) is 1. The van der Waals surface area contributed by atoms with Crippen molar-refractivity contribution in [1.29, 1.82) is 0 Å². The van der Waals surface area contributed by atoms with Gasteiger partial charge in [0.05, 0.1) is 0 Å². The molecule has 0 saturated carbocycles. The van der Waals surface area contributed by atoms with Gasteiger partial charge in [-0.3, -0.25) is 0 Å². The number of nitrogens with one attached hydrogen (secondary N) is 1. The van der Waals surface area contributed by atoms with E-state index in [1.54, 1.807) is 0 Å². The molecule has 2 fully saturated rings. The van der Waals surface area contributed by atoms with E-state index < -0.39 is 0 Å². The van der Waals surface area contributed by atoms with Crippen molar-refractivity contribution >= 4 is 12.4 Å². The molecule has 2 rings (SSSR count). The van der Waals surface area contributed by atoms with Crippen molar-refractivity contribution in [2.75, 3.05) is 20.1 Å². The molecule has 3 heteroatoms. The zero-order valence-corrected chi connectivity index (χ0v) is 7.16. The van der Waals surface area contributed by atoms with Gasteiger partial charge in [-0.2, -0.15) is 0 Å². The van der Waals surface area contributed by atoms with Gasteiger partial charge < -0.3 is 10.2 Å². The first-order valence-electron chi connectivity index (χ1n) is 3.81. The topological polar surface area (TPSA) is 15.3 Å². The highest BCUT2D eigenvalue weighted by Gasteiger charge is 2.34. The summed E-state index contributed by atoms with van der Waals surface area (Å²) in [5.74, 6) is 0. The van der Waals surface area contributed by atoms with Crippen LogP contribution < -0.4 is 5.32 Å². The molecule has 2 saturated heterocycles. The van der Waals surface area contributed by atoms with E-state index in [-0.39, 0.29) is 12.4 Å². The maximum absolute atomic E-state index is 3.51. The zero-order valence-electron chi connectivity index (χ0n) is 6.34. The van der Waals surface area contributed by atoms with E-state index in [0.29, 0.717) is 0 Å². The van der Waals surface area contributed by atoms with Crippen LogP contribution in [0.5, 0.6) is 0 Å². The van der Waals surface area contributed by atoms with Crippen molar-refractivity contribution in [3.05, 3.63) is 0 Å². The average Bonchev–Trinajstić information content (AvgIpc) is 2.35.